The Morgan fingerprint density at radius 2 is 1.03 bits per heavy atom. The van der Waals surface area contributed by atoms with E-state index in [-0.39, 0.29) is 39.4 Å². The van der Waals surface area contributed by atoms with Crippen LogP contribution in [0.25, 0.3) is 0 Å². The van der Waals surface area contributed by atoms with Gasteiger partial charge in [0.1, 0.15) is 19.3 Å². The first kappa shape index (κ1) is 48.2. The summed E-state index contributed by atoms with van der Waals surface area (Å²) in [5.41, 5.74) is 1.39. The molecule has 2 N–H and O–H groups in total. The van der Waals surface area contributed by atoms with E-state index < -0.39 is 18.1 Å². The SMILES string of the molecule is C#CC#CC#CC#CC#CC#CC#CC#CC#CN(C#CC#CC#CC#CC#CC#CC#CC#CC#C)CCOCCOC(=O)C(Cc1cnc[nH]1)NC(=O)OCc1ccccc1. The van der Waals surface area contributed by atoms with Crippen molar-refractivity contribution < 1.29 is 23.8 Å². The maximum atomic E-state index is 12.9. The molecule has 9 nitrogen and oxygen atoms in total. The van der Waals surface area contributed by atoms with Crippen molar-refractivity contribution in [3.8, 4) is 214 Å². The first-order chi connectivity index (χ1) is 31.1. The molecule has 0 aliphatic carbocycles. The van der Waals surface area contributed by atoms with Gasteiger partial charge in [0.15, 0.2) is 0 Å². The van der Waals surface area contributed by atoms with Crippen LogP contribution in [0.15, 0.2) is 42.9 Å². The van der Waals surface area contributed by atoms with Gasteiger partial charge in [0, 0.05) is 125 Å². The van der Waals surface area contributed by atoms with E-state index in [1.807, 2.05) is 30.3 Å². The molecule has 1 atom stereocenters. The lowest BCUT2D eigenvalue weighted by Gasteiger charge is -2.17. The van der Waals surface area contributed by atoms with Gasteiger partial charge in [-0.25, -0.2) is 14.6 Å². The van der Waals surface area contributed by atoms with Crippen LogP contribution in [0.1, 0.15) is 11.3 Å². The van der Waals surface area contributed by atoms with Crippen molar-refractivity contribution in [2.24, 2.45) is 0 Å². The number of carbonyl (C=O) groups excluding carboxylic acids is 2. The Balaban J connectivity index is 2.01. The molecule has 63 heavy (non-hydrogen) atoms. The predicted molar refractivity (Wildman–Crippen MR) is 236 cm³/mol. The zero-order valence-electron chi connectivity index (χ0n) is 33.0. The van der Waals surface area contributed by atoms with Gasteiger partial charge in [0.2, 0.25) is 0 Å². The van der Waals surface area contributed by atoms with Crippen LogP contribution in [-0.2, 0) is 32.0 Å². The number of aromatic nitrogens is 2. The maximum Gasteiger partial charge on any atom is 0.408 e. The molecule has 1 aromatic heterocycles. The number of imidazole rings is 1. The van der Waals surface area contributed by atoms with Gasteiger partial charge < -0.3 is 24.5 Å². The minimum Gasteiger partial charge on any atom is -0.462 e. The molecule has 0 bridgehead atoms. The fourth-order valence-corrected chi connectivity index (χ4v) is 3.49. The number of nitrogens with one attached hydrogen (secondary N) is 2. The van der Waals surface area contributed by atoms with Gasteiger partial charge in [0.05, 0.1) is 26.1 Å². The number of terminal acetylenes is 2. The molecule has 1 amide bonds. The first-order valence-corrected chi connectivity index (χ1v) is 17.5. The van der Waals surface area contributed by atoms with Gasteiger partial charge in [0.25, 0.3) is 0 Å². The highest BCUT2D eigenvalue weighted by atomic mass is 16.6. The molecule has 0 saturated carbocycles. The molecule has 0 aliphatic heterocycles. The van der Waals surface area contributed by atoms with Gasteiger partial charge in [-0.2, -0.15) is 0 Å². The number of amides is 1. The Hall–Kier alpha value is -11.0. The Morgan fingerprint density at radius 1 is 0.587 bits per heavy atom. The van der Waals surface area contributed by atoms with E-state index in [2.05, 4.69) is 217 Å². The largest absolute Gasteiger partial charge is 0.462 e. The van der Waals surface area contributed by atoms with E-state index in [0.29, 0.717) is 5.69 Å². The summed E-state index contributed by atoms with van der Waals surface area (Å²) in [6.07, 6.45) is 12.3. The van der Waals surface area contributed by atoms with E-state index in [0.717, 1.165) is 5.56 Å². The standard InChI is InChI=1S/C54H24N4O5/c1-3-5-7-9-11-13-15-17-19-21-23-25-27-29-31-36-40-58(41-37-32-30-28-26-24-22-20-18-16-14-12-10-8-6-4-2)42-43-61-44-45-62-53(59)52(46-51-47-55-49-56-51)57-54(60)63-48-50-38-34-33-35-39-50/h1-2,33-35,38-39,47,49,52H,42-46,48H2,(H,55,56)(H,57,60). The molecule has 0 aliphatic rings. The van der Waals surface area contributed by atoms with E-state index in [4.69, 9.17) is 27.1 Å². The third kappa shape index (κ3) is 28.1. The van der Waals surface area contributed by atoms with Crippen LogP contribution < -0.4 is 5.32 Å². The fourth-order valence-electron chi connectivity index (χ4n) is 3.49. The smallest absolute Gasteiger partial charge is 0.408 e. The third-order valence-corrected chi connectivity index (χ3v) is 5.98. The molecule has 1 heterocycles. The van der Waals surface area contributed by atoms with Crippen molar-refractivity contribution >= 4 is 12.1 Å². The molecule has 0 saturated heterocycles. The average molecular weight is 809 g/mol. The lowest BCUT2D eigenvalue weighted by atomic mass is 10.1. The van der Waals surface area contributed by atoms with E-state index in [1.54, 1.807) is 0 Å². The van der Waals surface area contributed by atoms with Crippen LogP contribution in [0.5, 0.6) is 0 Å². The summed E-state index contributed by atoms with van der Waals surface area (Å²) < 4.78 is 16.3. The monoisotopic (exact) mass is 808 g/mol. The molecular formula is C54H24N4O5. The quantitative estimate of drug-likeness (QED) is 0.145. The predicted octanol–water partition coefficient (Wildman–Crippen LogP) is 1.34. The molecular weight excluding hydrogens is 785 g/mol. The average Bonchev–Trinajstić information content (AvgIpc) is 3.82. The topological polar surface area (TPSA) is 106 Å². The summed E-state index contributed by atoms with van der Waals surface area (Å²) in [5.74, 6) is 78.5. The summed E-state index contributed by atoms with van der Waals surface area (Å²) in [6, 6.07) is 13.6. The number of H-pyrrole nitrogens is 1. The number of rotatable bonds is 12. The van der Waals surface area contributed by atoms with Gasteiger partial charge in [-0.3, -0.25) is 4.90 Å². The summed E-state index contributed by atoms with van der Waals surface area (Å²) in [7, 11) is 0. The zero-order valence-corrected chi connectivity index (χ0v) is 33.0. The van der Waals surface area contributed by atoms with Gasteiger partial charge >= 0.3 is 12.1 Å². The number of alkyl carbamates (subject to hydrolysis) is 1. The van der Waals surface area contributed by atoms with Crippen molar-refractivity contribution in [2.75, 3.05) is 26.4 Å². The second-order valence-corrected chi connectivity index (χ2v) is 10.2. The Kier molecular flexibility index (Phi) is 27.1. The van der Waals surface area contributed by atoms with Crippen LogP contribution >= 0.6 is 0 Å². The van der Waals surface area contributed by atoms with Crippen molar-refractivity contribution in [3.63, 3.8) is 0 Å². The number of hydrogen-bond donors (Lipinski definition) is 2. The molecule has 2 aromatic rings. The highest BCUT2D eigenvalue weighted by Gasteiger charge is 2.24. The van der Waals surface area contributed by atoms with Gasteiger partial charge in [-0.15, -0.1) is 12.8 Å². The Morgan fingerprint density at radius 3 is 1.46 bits per heavy atom. The number of hydrogen-bond acceptors (Lipinski definition) is 7. The summed E-state index contributed by atoms with van der Waals surface area (Å²) >= 11 is 0. The summed E-state index contributed by atoms with van der Waals surface area (Å²) in [6.45, 7) is 0.274. The molecule has 1 unspecified atom stereocenters. The lowest BCUT2D eigenvalue weighted by molar-refractivity contribution is -0.147. The molecule has 0 radical (unpaired) electrons. The van der Waals surface area contributed by atoms with Gasteiger partial charge in [-0.05, 0) is 100 Å². The molecule has 2 rings (SSSR count). The first-order valence-electron chi connectivity index (χ1n) is 17.5. The summed E-state index contributed by atoms with van der Waals surface area (Å²) in [5, 5.41) is 2.55. The lowest BCUT2D eigenvalue weighted by Crippen LogP contribution is -2.44. The Labute approximate surface area is 368 Å². The number of esters is 1. The van der Waals surface area contributed by atoms with Crippen LogP contribution in [0.3, 0.4) is 0 Å². The molecule has 0 fully saturated rings. The maximum absolute atomic E-state index is 12.9. The third-order valence-electron chi connectivity index (χ3n) is 5.98. The minimum absolute atomic E-state index is 0.0267. The fraction of sp³-hybridized carbons (Fsp3) is 0.130. The number of benzene rings is 1. The second kappa shape index (κ2) is 35.4. The van der Waals surface area contributed by atoms with Crippen LogP contribution in [0, 0.1) is 214 Å². The minimum atomic E-state index is -1.05. The number of ether oxygens (including phenoxy) is 3. The number of aromatic amines is 1. The molecule has 290 valence electrons. The zero-order chi connectivity index (χ0) is 44.9. The number of nitrogens with zero attached hydrogens (tertiary/aromatic N) is 2. The van der Waals surface area contributed by atoms with E-state index in [1.165, 1.54) is 17.4 Å². The van der Waals surface area contributed by atoms with Crippen LogP contribution in [0.4, 0.5) is 4.79 Å². The second-order valence-electron chi connectivity index (χ2n) is 10.2. The Bertz CT molecular complexity index is 2980. The summed E-state index contributed by atoms with van der Waals surface area (Å²) in [4.78, 5) is 33.7. The number of carbonyl (C=O) groups is 2. The molecule has 1 aromatic carbocycles. The van der Waals surface area contributed by atoms with Crippen LogP contribution in [-0.4, -0.2) is 59.3 Å². The van der Waals surface area contributed by atoms with Crippen molar-refractivity contribution in [3.05, 3.63) is 54.1 Å². The van der Waals surface area contributed by atoms with Crippen molar-refractivity contribution in [1.82, 2.24) is 20.2 Å². The van der Waals surface area contributed by atoms with Gasteiger partial charge in [-0.1, -0.05) is 30.3 Å². The van der Waals surface area contributed by atoms with Crippen molar-refractivity contribution in [1.29, 1.82) is 0 Å². The van der Waals surface area contributed by atoms with E-state index in [9.17, 15) is 9.59 Å². The molecule has 0 spiro atoms. The highest BCUT2D eigenvalue weighted by molar-refractivity contribution is 5.81. The molecule has 9 heteroatoms. The van der Waals surface area contributed by atoms with Crippen LogP contribution in [0.2, 0.25) is 0 Å². The normalized spacial score (nSPS) is 7.40. The van der Waals surface area contributed by atoms with Crippen molar-refractivity contribution in [2.45, 2.75) is 19.1 Å². The van der Waals surface area contributed by atoms with E-state index >= 15 is 0 Å². The highest BCUT2D eigenvalue weighted by Crippen LogP contribution is 2.04.